The van der Waals surface area contributed by atoms with E-state index in [4.69, 9.17) is 13.6 Å². The molecule has 3 rings (SSSR count). The molecule has 0 amide bonds. The number of ether oxygens (including phenoxy) is 2. The summed E-state index contributed by atoms with van der Waals surface area (Å²) in [5.74, 6) is 0. The Morgan fingerprint density at radius 3 is 3.00 bits per heavy atom. The van der Waals surface area contributed by atoms with Crippen molar-refractivity contribution in [2.75, 3.05) is 6.61 Å². The first-order valence-corrected chi connectivity index (χ1v) is 4.99. The number of aryl methyl sites for hydroxylation is 1. The standard InChI is InChI=1S/C10H12N2O4/c1-5-3-12(10(14)11-9(5)13)8-2-6-7(16-8)4-15-6/h3,6-8H,2,4H2,1H3,(H,11,13,14)/t6-,7-,8-/m0/s1/i1D3. The van der Waals surface area contributed by atoms with Crippen LogP contribution in [0.1, 0.15) is 22.3 Å². The van der Waals surface area contributed by atoms with Crippen LogP contribution in [0.15, 0.2) is 15.8 Å². The normalized spacial score (nSPS) is 35.8. The first kappa shape index (κ1) is 7.03. The summed E-state index contributed by atoms with van der Waals surface area (Å²) in [6.07, 6.45) is 0.823. The summed E-state index contributed by atoms with van der Waals surface area (Å²) >= 11 is 0. The smallest absolute Gasteiger partial charge is 0.330 e. The van der Waals surface area contributed by atoms with Crippen molar-refractivity contribution in [3.63, 3.8) is 0 Å². The Hall–Kier alpha value is -1.40. The highest BCUT2D eigenvalue weighted by molar-refractivity contribution is 5.02. The Labute approximate surface area is 95.0 Å². The SMILES string of the molecule is [2H]C([2H])([2H])c1cn([C@@H]2C[C@@H]3OC[C@@H]3O2)c(=O)[nH]c1=O. The predicted molar refractivity (Wildman–Crippen MR) is 54.3 cm³/mol. The summed E-state index contributed by atoms with van der Waals surface area (Å²) in [4.78, 5) is 25.3. The van der Waals surface area contributed by atoms with Crippen molar-refractivity contribution in [3.8, 4) is 0 Å². The molecule has 16 heavy (non-hydrogen) atoms. The van der Waals surface area contributed by atoms with Crippen molar-refractivity contribution >= 4 is 0 Å². The minimum absolute atomic E-state index is 0.0555. The summed E-state index contributed by atoms with van der Waals surface area (Å²) in [6, 6.07) is 0. The Kier molecular flexibility index (Phi) is 1.45. The number of nitrogens with zero attached hydrogens (tertiary/aromatic N) is 1. The van der Waals surface area contributed by atoms with Gasteiger partial charge in [0.2, 0.25) is 0 Å². The van der Waals surface area contributed by atoms with Gasteiger partial charge in [-0.05, 0) is 6.85 Å². The van der Waals surface area contributed by atoms with Gasteiger partial charge in [-0.25, -0.2) is 4.79 Å². The second kappa shape index (κ2) is 3.29. The van der Waals surface area contributed by atoms with E-state index in [1.54, 1.807) is 0 Å². The maximum absolute atomic E-state index is 11.7. The minimum Gasteiger partial charge on any atom is -0.372 e. The summed E-state index contributed by atoms with van der Waals surface area (Å²) < 4.78 is 33.8. The quantitative estimate of drug-likeness (QED) is 0.704. The molecule has 86 valence electrons. The van der Waals surface area contributed by atoms with Gasteiger partial charge in [0.15, 0.2) is 0 Å². The molecule has 0 radical (unpaired) electrons. The predicted octanol–water partition coefficient (Wildman–Crippen LogP) is -0.469. The summed E-state index contributed by atoms with van der Waals surface area (Å²) in [5.41, 5.74) is -1.99. The number of rotatable bonds is 1. The molecule has 6 nitrogen and oxygen atoms in total. The third-order valence-corrected chi connectivity index (χ3v) is 2.93. The first-order valence-electron chi connectivity index (χ1n) is 6.49. The van der Waals surface area contributed by atoms with Crippen LogP contribution in [0.5, 0.6) is 0 Å². The van der Waals surface area contributed by atoms with Crippen molar-refractivity contribution < 1.29 is 13.6 Å². The number of fused-ring (bicyclic) bond motifs is 1. The molecule has 0 aliphatic carbocycles. The average molecular weight is 227 g/mol. The van der Waals surface area contributed by atoms with Crippen LogP contribution < -0.4 is 11.2 Å². The van der Waals surface area contributed by atoms with Crippen LogP contribution in [-0.2, 0) is 9.47 Å². The fourth-order valence-corrected chi connectivity index (χ4v) is 1.99. The summed E-state index contributed by atoms with van der Waals surface area (Å²) in [5, 5.41) is 0. The number of aromatic amines is 1. The van der Waals surface area contributed by atoms with Gasteiger partial charge in [0.05, 0.1) is 12.7 Å². The Morgan fingerprint density at radius 2 is 2.44 bits per heavy atom. The number of H-pyrrole nitrogens is 1. The van der Waals surface area contributed by atoms with E-state index in [-0.39, 0.29) is 12.2 Å². The number of nitrogens with one attached hydrogen (secondary N) is 1. The zero-order chi connectivity index (χ0) is 13.8. The van der Waals surface area contributed by atoms with Crippen molar-refractivity contribution in [3.05, 3.63) is 32.6 Å². The highest BCUT2D eigenvalue weighted by Gasteiger charge is 2.44. The van der Waals surface area contributed by atoms with Crippen molar-refractivity contribution in [2.45, 2.75) is 31.7 Å². The number of hydrogen-bond donors (Lipinski definition) is 1. The molecule has 0 saturated carbocycles. The molecule has 0 aromatic carbocycles. The van der Waals surface area contributed by atoms with E-state index in [2.05, 4.69) is 0 Å². The van der Waals surface area contributed by atoms with Gasteiger partial charge in [-0.2, -0.15) is 0 Å². The molecule has 2 aliphatic rings. The Bertz CT molecular complexity index is 608. The van der Waals surface area contributed by atoms with Crippen LogP contribution in [0, 0.1) is 6.85 Å². The lowest BCUT2D eigenvalue weighted by Crippen LogP contribution is -2.40. The lowest BCUT2D eigenvalue weighted by Gasteiger charge is -2.28. The van der Waals surface area contributed by atoms with E-state index in [1.807, 2.05) is 4.98 Å². The maximum Gasteiger partial charge on any atom is 0.330 e. The van der Waals surface area contributed by atoms with E-state index in [0.29, 0.717) is 13.0 Å². The molecule has 2 aliphatic heterocycles. The molecule has 2 fully saturated rings. The third-order valence-electron chi connectivity index (χ3n) is 2.93. The van der Waals surface area contributed by atoms with Crippen LogP contribution in [0.2, 0.25) is 0 Å². The fraction of sp³-hybridized carbons (Fsp3) is 0.600. The molecule has 2 saturated heterocycles. The fourth-order valence-electron chi connectivity index (χ4n) is 1.99. The first-order chi connectivity index (χ1) is 8.86. The van der Waals surface area contributed by atoms with Gasteiger partial charge in [0, 0.05) is 22.3 Å². The van der Waals surface area contributed by atoms with E-state index in [1.165, 1.54) is 0 Å². The highest BCUT2D eigenvalue weighted by atomic mass is 16.6. The number of hydrogen-bond acceptors (Lipinski definition) is 4. The van der Waals surface area contributed by atoms with Crippen LogP contribution in [0.3, 0.4) is 0 Å². The highest BCUT2D eigenvalue weighted by Crippen LogP contribution is 2.35. The second-order valence-electron chi connectivity index (χ2n) is 3.95. The zero-order valence-corrected chi connectivity index (χ0v) is 8.30. The van der Waals surface area contributed by atoms with Gasteiger partial charge in [-0.1, -0.05) is 0 Å². The largest absolute Gasteiger partial charge is 0.372 e. The number of aromatic nitrogens is 2. The van der Waals surface area contributed by atoms with Gasteiger partial charge in [-0.15, -0.1) is 0 Å². The monoisotopic (exact) mass is 227 g/mol. The molecule has 6 heteroatoms. The minimum atomic E-state index is -2.57. The molecule has 0 spiro atoms. The molecule has 1 aromatic rings. The Morgan fingerprint density at radius 1 is 1.56 bits per heavy atom. The Balaban J connectivity index is 2.02. The maximum atomic E-state index is 11.7. The molecular weight excluding hydrogens is 212 g/mol. The average Bonchev–Trinajstić information content (AvgIpc) is 2.54. The molecule has 3 atom stereocenters. The molecule has 1 aromatic heterocycles. The lowest BCUT2D eigenvalue weighted by atomic mass is 10.1. The van der Waals surface area contributed by atoms with Crippen molar-refractivity contribution in [1.82, 2.24) is 9.55 Å². The summed E-state index contributed by atoms with van der Waals surface area (Å²) in [7, 11) is 0. The van der Waals surface area contributed by atoms with Crippen molar-refractivity contribution in [1.29, 1.82) is 0 Å². The van der Waals surface area contributed by atoms with E-state index in [9.17, 15) is 9.59 Å². The van der Waals surface area contributed by atoms with Gasteiger partial charge in [0.25, 0.3) is 5.56 Å². The van der Waals surface area contributed by atoms with E-state index < -0.39 is 29.9 Å². The lowest BCUT2D eigenvalue weighted by molar-refractivity contribution is -0.149. The molecule has 3 heterocycles. The topological polar surface area (TPSA) is 73.3 Å². The second-order valence-corrected chi connectivity index (χ2v) is 3.95. The van der Waals surface area contributed by atoms with Crippen molar-refractivity contribution in [2.24, 2.45) is 0 Å². The summed E-state index contributed by atoms with van der Waals surface area (Å²) in [6.45, 7) is -2.09. The van der Waals surface area contributed by atoms with Gasteiger partial charge in [-0.3, -0.25) is 14.3 Å². The zero-order valence-electron chi connectivity index (χ0n) is 11.3. The molecule has 0 bridgehead atoms. The van der Waals surface area contributed by atoms with Crippen LogP contribution >= 0.6 is 0 Å². The van der Waals surface area contributed by atoms with Crippen LogP contribution in [0.4, 0.5) is 0 Å². The van der Waals surface area contributed by atoms with Gasteiger partial charge in [0.1, 0.15) is 12.3 Å². The van der Waals surface area contributed by atoms with E-state index in [0.717, 1.165) is 10.8 Å². The van der Waals surface area contributed by atoms with Crippen LogP contribution in [-0.4, -0.2) is 28.4 Å². The third kappa shape index (κ3) is 1.34. The molecular formula is C10H12N2O4. The van der Waals surface area contributed by atoms with Gasteiger partial charge < -0.3 is 9.47 Å². The van der Waals surface area contributed by atoms with Gasteiger partial charge >= 0.3 is 5.69 Å². The molecule has 1 N–H and O–H groups in total. The molecule has 0 unspecified atom stereocenters. The van der Waals surface area contributed by atoms with E-state index >= 15 is 0 Å². The van der Waals surface area contributed by atoms with Crippen LogP contribution in [0.25, 0.3) is 0 Å².